The van der Waals surface area contributed by atoms with Gasteiger partial charge in [0.05, 0.1) is 11.4 Å². The van der Waals surface area contributed by atoms with Gasteiger partial charge in [0.1, 0.15) is 16.7 Å². The fraction of sp³-hybridized carbons (Fsp3) is 0. The van der Waals surface area contributed by atoms with Crippen LogP contribution in [0.5, 0.6) is 11.5 Å². The lowest BCUT2D eigenvalue weighted by atomic mass is 10.1. The molecule has 0 saturated carbocycles. The minimum atomic E-state index is 0.563. The van der Waals surface area contributed by atoms with Crippen LogP contribution >= 0.6 is 27.7 Å². The largest absolute Gasteiger partial charge is 0.453 e. The molecule has 0 spiro atoms. The van der Waals surface area contributed by atoms with Gasteiger partial charge < -0.3 is 18.5 Å². The van der Waals surface area contributed by atoms with Crippen molar-refractivity contribution in [1.29, 1.82) is 0 Å². The molecule has 5 aromatic carbocycles. The van der Waals surface area contributed by atoms with Crippen LogP contribution in [0.2, 0.25) is 0 Å². The highest BCUT2D eigenvalue weighted by molar-refractivity contribution is 9.10. The molecule has 8 heteroatoms. The third kappa shape index (κ3) is 3.30. The summed E-state index contributed by atoms with van der Waals surface area (Å²) < 4.78 is 19.8. The first-order chi connectivity index (χ1) is 19.7. The van der Waals surface area contributed by atoms with Gasteiger partial charge in [-0.05, 0) is 72.8 Å². The lowest BCUT2D eigenvalue weighted by Gasteiger charge is -2.38. The summed E-state index contributed by atoms with van der Waals surface area (Å²) in [6.07, 6.45) is 0. The molecule has 2 aliphatic heterocycles. The fourth-order valence-electron chi connectivity index (χ4n) is 5.35. The first-order valence-electron chi connectivity index (χ1n) is 12.7. The van der Waals surface area contributed by atoms with Crippen molar-refractivity contribution in [3.63, 3.8) is 0 Å². The predicted molar refractivity (Wildman–Crippen MR) is 159 cm³/mol. The summed E-state index contributed by atoms with van der Waals surface area (Å²) in [6, 6.07) is 32.1. The molecule has 0 unspecified atom stereocenters. The number of benzene rings is 5. The van der Waals surface area contributed by atoms with E-state index in [4.69, 9.17) is 23.5 Å². The van der Waals surface area contributed by atoms with Crippen molar-refractivity contribution >= 4 is 67.0 Å². The third-order valence-corrected chi connectivity index (χ3v) is 8.72. The zero-order valence-corrected chi connectivity index (χ0v) is 23.0. The van der Waals surface area contributed by atoms with Crippen LogP contribution in [0.15, 0.2) is 120 Å². The summed E-state index contributed by atoms with van der Waals surface area (Å²) in [6.45, 7) is 0. The van der Waals surface area contributed by atoms with Gasteiger partial charge in [0.25, 0.3) is 0 Å². The van der Waals surface area contributed by atoms with E-state index >= 15 is 0 Å². The molecule has 4 heterocycles. The Bertz CT molecular complexity index is 2100. The van der Waals surface area contributed by atoms with Crippen molar-refractivity contribution in [3.05, 3.63) is 102 Å². The second-order valence-electron chi connectivity index (χ2n) is 9.63. The van der Waals surface area contributed by atoms with Crippen LogP contribution in [-0.4, -0.2) is 9.97 Å². The number of ether oxygens (including phenoxy) is 1. The Morgan fingerprint density at radius 2 is 1.35 bits per heavy atom. The quantitative estimate of drug-likeness (QED) is 0.195. The molecule has 0 saturated heterocycles. The lowest BCUT2D eigenvalue weighted by molar-refractivity contribution is 0.474. The maximum absolute atomic E-state index is 6.56. The van der Waals surface area contributed by atoms with Crippen molar-refractivity contribution in [1.82, 2.24) is 9.97 Å². The van der Waals surface area contributed by atoms with Gasteiger partial charge in [-0.3, -0.25) is 0 Å². The molecule has 2 aliphatic rings. The van der Waals surface area contributed by atoms with Crippen molar-refractivity contribution in [3.8, 4) is 34.4 Å². The van der Waals surface area contributed by atoms with Gasteiger partial charge in [-0.25, -0.2) is 9.97 Å². The van der Waals surface area contributed by atoms with Crippen LogP contribution in [0.4, 0.5) is 17.1 Å². The number of hydrogen-bond acceptors (Lipinski definition) is 7. The first kappa shape index (κ1) is 22.3. The van der Waals surface area contributed by atoms with Crippen LogP contribution < -0.4 is 9.64 Å². The number of nitrogens with zero attached hydrogens (tertiary/aromatic N) is 3. The summed E-state index contributed by atoms with van der Waals surface area (Å²) in [5.74, 6) is 2.63. The zero-order valence-electron chi connectivity index (χ0n) is 20.6. The van der Waals surface area contributed by atoms with Crippen LogP contribution in [0, 0.1) is 0 Å². The van der Waals surface area contributed by atoms with E-state index in [0.717, 1.165) is 76.2 Å². The fourth-order valence-corrected chi connectivity index (χ4v) is 7.02. The molecule has 40 heavy (non-hydrogen) atoms. The molecule has 0 bridgehead atoms. The highest BCUT2D eigenvalue weighted by atomic mass is 79.9. The van der Waals surface area contributed by atoms with Gasteiger partial charge >= 0.3 is 0 Å². The predicted octanol–water partition coefficient (Wildman–Crippen LogP) is 10.1. The molecule has 6 nitrogen and oxygen atoms in total. The maximum Gasteiger partial charge on any atom is 0.227 e. The average molecular weight is 602 g/mol. The van der Waals surface area contributed by atoms with E-state index in [1.165, 1.54) is 0 Å². The number of oxazole rings is 2. The Hall–Kier alpha value is -4.53. The SMILES string of the molecule is Brc1ccc2c(c1)Sc1cc(-c3nc4ccccc4o3)cc3c1N2c1cc(-c2nc4ccccc4o2)ccc1O3. The van der Waals surface area contributed by atoms with Gasteiger partial charge in [-0.15, -0.1) is 0 Å². The van der Waals surface area contributed by atoms with Crippen LogP contribution in [0.3, 0.4) is 0 Å². The maximum atomic E-state index is 6.56. The van der Waals surface area contributed by atoms with Gasteiger partial charge in [-0.1, -0.05) is 52.0 Å². The molecule has 190 valence electrons. The third-order valence-electron chi connectivity index (χ3n) is 7.15. The van der Waals surface area contributed by atoms with E-state index in [-0.39, 0.29) is 0 Å². The summed E-state index contributed by atoms with van der Waals surface area (Å²) in [4.78, 5) is 13.9. The lowest BCUT2D eigenvalue weighted by Crippen LogP contribution is -2.19. The van der Waals surface area contributed by atoms with Crippen LogP contribution in [0.25, 0.3) is 45.1 Å². The Morgan fingerprint density at radius 3 is 2.10 bits per heavy atom. The summed E-state index contributed by atoms with van der Waals surface area (Å²) in [5.41, 5.74) is 7.90. The Kier molecular flexibility index (Phi) is 4.59. The van der Waals surface area contributed by atoms with Crippen molar-refractivity contribution in [2.45, 2.75) is 9.79 Å². The molecular formula is C32H16BrN3O3S. The zero-order chi connectivity index (χ0) is 26.4. The minimum Gasteiger partial charge on any atom is -0.453 e. The summed E-state index contributed by atoms with van der Waals surface area (Å²) >= 11 is 5.37. The molecule has 7 aromatic rings. The summed E-state index contributed by atoms with van der Waals surface area (Å²) in [7, 11) is 0. The number of para-hydroxylation sites is 4. The van der Waals surface area contributed by atoms with Gasteiger partial charge in [0, 0.05) is 25.4 Å². The van der Waals surface area contributed by atoms with E-state index in [1.807, 2.05) is 66.7 Å². The second-order valence-corrected chi connectivity index (χ2v) is 11.6. The van der Waals surface area contributed by atoms with Crippen molar-refractivity contribution in [2.75, 3.05) is 4.90 Å². The molecule has 0 radical (unpaired) electrons. The van der Waals surface area contributed by atoms with Crippen LogP contribution in [-0.2, 0) is 0 Å². The molecule has 0 aliphatic carbocycles. The number of fused-ring (bicyclic) bond motifs is 6. The average Bonchev–Trinajstić information content (AvgIpc) is 3.61. The molecule has 9 rings (SSSR count). The minimum absolute atomic E-state index is 0.563. The number of rotatable bonds is 2. The van der Waals surface area contributed by atoms with Crippen molar-refractivity contribution in [2.24, 2.45) is 0 Å². The van der Waals surface area contributed by atoms with E-state index in [2.05, 4.69) is 51.2 Å². The van der Waals surface area contributed by atoms with E-state index in [0.29, 0.717) is 11.8 Å². The Morgan fingerprint density at radius 1 is 0.625 bits per heavy atom. The Labute approximate surface area is 240 Å². The summed E-state index contributed by atoms with van der Waals surface area (Å²) in [5, 5.41) is 0. The first-order valence-corrected chi connectivity index (χ1v) is 14.3. The Balaban J connectivity index is 1.24. The van der Waals surface area contributed by atoms with Gasteiger partial charge in [0.15, 0.2) is 22.7 Å². The molecule has 0 amide bonds. The molecular weight excluding hydrogens is 586 g/mol. The van der Waals surface area contributed by atoms with Gasteiger partial charge in [-0.2, -0.15) is 0 Å². The molecule has 0 fully saturated rings. The van der Waals surface area contributed by atoms with Crippen LogP contribution in [0.1, 0.15) is 0 Å². The normalized spacial score (nSPS) is 13.2. The van der Waals surface area contributed by atoms with Gasteiger partial charge in [0.2, 0.25) is 11.8 Å². The van der Waals surface area contributed by atoms with E-state index < -0.39 is 0 Å². The number of halogens is 1. The molecule has 0 N–H and O–H groups in total. The standard InChI is InChI=1S/C32H16BrN3O3S/c33-19-10-11-22-28(16-19)40-29-15-18(32-35-21-6-2-4-8-25(21)39-32)14-27-30(29)36(22)23-13-17(9-12-26(23)37-27)31-34-20-5-1-3-7-24(20)38-31/h1-16H. The number of aromatic nitrogens is 2. The van der Waals surface area contributed by atoms with Crippen molar-refractivity contribution < 1.29 is 13.6 Å². The monoisotopic (exact) mass is 601 g/mol. The highest BCUT2D eigenvalue weighted by Gasteiger charge is 2.35. The molecule has 0 atom stereocenters. The smallest absolute Gasteiger partial charge is 0.227 e. The number of hydrogen-bond donors (Lipinski definition) is 0. The highest BCUT2D eigenvalue weighted by Crippen LogP contribution is 2.61. The number of anilines is 3. The topological polar surface area (TPSA) is 64.5 Å². The molecule has 2 aromatic heterocycles. The van der Waals surface area contributed by atoms with E-state index in [9.17, 15) is 0 Å². The second kappa shape index (κ2) is 8.24. The van der Waals surface area contributed by atoms with E-state index in [1.54, 1.807) is 11.8 Å².